The van der Waals surface area contributed by atoms with E-state index in [1.54, 1.807) is 0 Å². The van der Waals surface area contributed by atoms with Gasteiger partial charge in [-0.3, -0.25) is 9.78 Å². The number of carboxylic acids is 1. The van der Waals surface area contributed by atoms with Crippen molar-refractivity contribution in [2.75, 3.05) is 31.2 Å². The molecule has 0 amide bonds. The van der Waals surface area contributed by atoms with Gasteiger partial charge in [-0.15, -0.1) is 0 Å². The molecule has 120 valence electrons. The van der Waals surface area contributed by atoms with Crippen LogP contribution in [-0.2, 0) is 9.53 Å². The summed E-state index contributed by atoms with van der Waals surface area (Å²) >= 11 is 0. The highest BCUT2D eigenvalue weighted by Gasteiger charge is 2.54. The molecule has 0 saturated carbocycles. The lowest BCUT2D eigenvalue weighted by Crippen LogP contribution is -2.44. The number of aliphatic carboxylic acids is 1. The van der Waals surface area contributed by atoms with Crippen molar-refractivity contribution in [1.82, 2.24) is 4.98 Å². The van der Waals surface area contributed by atoms with E-state index in [0.717, 1.165) is 28.8 Å². The summed E-state index contributed by atoms with van der Waals surface area (Å²) in [7, 11) is 0. The summed E-state index contributed by atoms with van der Waals surface area (Å²) in [5.41, 5.74) is 2.31. The topological polar surface area (TPSA) is 62.7 Å². The molecule has 0 spiro atoms. The number of para-hydroxylation sites is 1. The van der Waals surface area contributed by atoms with Gasteiger partial charge in [0, 0.05) is 42.4 Å². The van der Waals surface area contributed by atoms with E-state index in [0.29, 0.717) is 26.2 Å². The van der Waals surface area contributed by atoms with Gasteiger partial charge in [0.05, 0.1) is 17.5 Å². The van der Waals surface area contributed by atoms with Crippen molar-refractivity contribution in [2.45, 2.75) is 13.3 Å². The average molecular weight is 312 g/mol. The van der Waals surface area contributed by atoms with Crippen LogP contribution in [0.4, 0.5) is 5.69 Å². The number of anilines is 1. The Bertz CT molecular complexity index is 776. The highest BCUT2D eigenvalue weighted by atomic mass is 16.5. The van der Waals surface area contributed by atoms with Crippen molar-refractivity contribution < 1.29 is 14.6 Å². The van der Waals surface area contributed by atoms with E-state index in [2.05, 4.69) is 22.0 Å². The summed E-state index contributed by atoms with van der Waals surface area (Å²) in [6.07, 6.45) is 0.589. The lowest BCUT2D eigenvalue weighted by Gasteiger charge is -2.34. The summed E-state index contributed by atoms with van der Waals surface area (Å²) in [5, 5.41) is 10.9. The highest BCUT2D eigenvalue weighted by molar-refractivity contribution is 5.92. The number of benzene rings is 1. The Morgan fingerprint density at radius 3 is 3.04 bits per heavy atom. The first kappa shape index (κ1) is 14.5. The average Bonchev–Trinajstić information content (AvgIpc) is 2.95. The molecule has 5 heteroatoms. The number of hydrogen-bond acceptors (Lipinski definition) is 4. The van der Waals surface area contributed by atoms with E-state index >= 15 is 0 Å². The minimum absolute atomic E-state index is 0.0426. The number of fused-ring (bicyclic) bond motifs is 2. The maximum atomic E-state index is 12.0. The number of ether oxygens (including phenoxy) is 1. The Kier molecular flexibility index (Phi) is 3.27. The van der Waals surface area contributed by atoms with Gasteiger partial charge < -0.3 is 14.7 Å². The largest absolute Gasteiger partial charge is 0.481 e. The molecule has 0 aliphatic carbocycles. The molecule has 5 nitrogen and oxygen atoms in total. The number of nitrogens with zero attached hydrogens (tertiary/aromatic N) is 2. The van der Waals surface area contributed by atoms with E-state index < -0.39 is 11.4 Å². The molecule has 4 rings (SSSR count). The molecular formula is C18H20N2O3. The number of carbonyl (C=O) groups is 1. The van der Waals surface area contributed by atoms with Gasteiger partial charge in [-0.25, -0.2) is 0 Å². The van der Waals surface area contributed by atoms with Crippen molar-refractivity contribution >= 4 is 22.6 Å². The van der Waals surface area contributed by atoms with E-state index in [9.17, 15) is 9.90 Å². The Balaban J connectivity index is 1.79. The lowest BCUT2D eigenvalue weighted by molar-refractivity contribution is -0.157. The van der Waals surface area contributed by atoms with Crippen LogP contribution in [0.25, 0.3) is 10.9 Å². The third-order valence-electron chi connectivity index (χ3n) is 5.30. The molecule has 23 heavy (non-hydrogen) atoms. The Morgan fingerprint density at radius 1 is 1.43 bits per heavy atom. The zero-order valence-electron chi connectivity index (χ0n) is 13.2. The predicted octanol–water partition coefficient (Wildman–Crippen LogP) is 2.47. The second-order valence-electron chi connectivity index (χ2n) is 6.66. The van der Waals surface area contributed by atoms with E-state index in [1.165, 1.54) is 0 Å². The first-order valence-corrected chi connectivity index (χ1v) is 8.03. The predicted molar refractivity (Wildman–Crippen MR) is 87.7 cm³/mol. The molecule has 1 aromatic carbocycles. The van der Waals surface area contributed by atoms with Crippen LogP contribution in [0.3, 0.4) is 0 Å². The fourth-order valence-electron chi connectivity index (χ4n) is 4.03. The van der Waals surface area contributed by atoms with Crippen molar-refractivity contribution in [3.8, 4) is 0 Å². The smallest absolute Gasteiger partial charge is 0.311 e. The molecule has 1 aromatic heterocycles. The third kappa shape index (κ3) is 2.18. The second kappa shape index (κ2) is 5.20. The Labute approximate surface area is 134 Å². The van der Waals surface area contributed by atoms with Gasteiger partial charge in [0.25, 0.3) is 0 Å². The number of aromatic nitrogens is 1. The fraction of sp³-hybridized carbons (Fsp3) is 0.444. The van der Waals surface area contributed by atoms with Crippen molar-refractivity contribution in [3.63, 3.8) is 0 Å². The van der Waals surface area contributed by atoms with Gasteiger partial charge in [0.1, 0.15) is 0 Å². The number of rotatable bonds is 2. The monoisotopic (exact) mass is 312 g/mol. The molecule has 0 bridgehead atoms. The second-order valence-corrected chi connectivity index (χ2v) is 6.66. The van der Waals surface area contributed by atoms with E-state index in [4.69, 9.17) is 4.74 Å². The number of carboxylic acid groups (broad SMARTS) is 1. The van der Waals surface area contributed by atoms with Crippen LogP contribution in [-0.4, -0.2) is 42.4 Å². The number of pyridine rings is 1. The van der Waals surface area contributed by atoms with Crippen molar-refractivity contribution in [1.29, 1.82) is 0 Å². The molecule has 2 atom stereocenters. The first-order chi connectivity index (χ1) is 11.1. The van der Waals surface area contributed by atoms with Crippen LogP contribution in [0.15, 0.2) is 30.3 Å². The van der Waals surface area contributed by atoms with E-state index in [1.807, 2.05) is 25.1 Å². The van der Waals surface area contributed by atoms with E-state index in [-0.39, 0.29) is 5.92 Å². The van der Waals surface area contributed by atoms with Gasteiger partial charge in [-0.05, 0) is 25.5 Å². The lowest BCUT2D eigenvalue weighted by atomic mass is 9.74. The normalized spacial score (nSPS) is 27.2. The van der Waals surface area contributed by atoms with Gasteiger partial charge >= 0.3 is 5.97 Å². The van der Waals surface area contributed by atoms with Crippen LogP contribution in [0.5, 0.6) is 0 Å². The molecule has 2 aliphatic heterocycles. The summed E-state index contributed by atoms with van der Waals surface area (Å²) < 4.78 is 5.55. The minimum atomic E-state index is -0.691. The maximum absolute atomic E-state index is 12.0. The van der Waals surface area contributed by atoms with Crippen LogP contribution >= 0.6 is 0 Å². The SMILES string of the molecule is Cc1cc(N2C[C@@H]3COCC[C@]3(C(=O)O)C2)c2ccccc2n1. The van der Waals surface area contributed by atoms with Crippen LogP contribution in [0.2, 0.25) is 0 Å². The third-order valence-corrected chi connectivity index (χ3v) is 5.30. The quantitative estimate of drug-likeness (QED) is 0.923. The van der Waals surface area contributed by atoms with Crippen molar-refractivity contribution in [2.24, 2.45) is 11.3 Å². The standard InChI is InChI=1S/C18H20N2O3/c1-12-8-16(14-4-2-3-5-15(14)19-12)20-9-13-10-23-7-6-18(13,11-20)17(21)22/h2-5,8,13H,6-7,9-11H2,1H3,(H,21,22)/t13-,18+/m1/s1. The Morgan fingerprint density at radius 2 is 2.26 bits per heavy atom. The zero-order chi connectivity index (χ0) is 16.0. The summed E-state index contributed by atoms with van der Waals surface area (Å²) in [5.74, 6) is -0.649. The van der Waals surface area contributed by atoms with Crippen molar-refractivity contribution in [3.05, 3.63) is 36.0 Å². The van der Waals surface area contributed by atoms with Gasteiger partial charge in [-0.2, -0.15) is 0 Å². The first-order valence-electron chi connectivity index (χ1n) is 8.03. The summed E-state index contributed by atoms with van der Waals surface area (Å²) in [6, 6.07) is 10.1. The van der Waals surface area contributed by atoms with Gasteiger partial charge in [-0.1, -0.05) is 18.2 Å². The number of hydrogen-bond donors (Lipinski definition) is 1. The highest BCUT2D eigenvalue weighted by Crippen LogP contribution is 2.45. The molecule has 2 fully saturated rings. The van der Waals surface area contributed by atoms with Gasteiger partial charge in [0.15, 0.2) is 0 Å². The molecule has 3 heterocycles. The van der Waals surface area contributed by atoms with Crippen LogP contribution in [0.1, 0.15) is 12.1 Å². The fourth-order valence-corrected chi connectivity index (χ4v) is 4.03. The maximum Gasteiger partial charge on any atom is 0.311 e. The molecule has 0 unspecified atom stereocenters. The zero-order valence-corrected chi connectivity index (χ0v) is 13.2. The molecule has 2 aliphatic rings. The van der Waals surface area contributed by atoms with Crippen LogP contribution in [0, 0.1) is 18.3 Å². The number of aryl methyl sites for hydroxylation is 1. The summed E-state index contributed by atoms with van der Waals surface area (Å²) in [6.45, 7) is 4.32. The minimum Gasteiger partial charge on any atom is -0.481 e. The molecule has 2 saturated heterocycles. The van der Waals surface area contributed by atoms with Crippen LogP contribution < -0.4 is 4.90 Å². The molecule has 0 radical (unpaired) electrons. The molecule has 2 aromatic rings. The Hall–Kier alpha value is -2.14. The van der Waals surface area contributed by atoms with Gasteiger partial charge in [0.2, 0.25) is 0 Å². The molecular weight excluding hydrogens is 292 g/mol. The molecule has 1 N–H and O–H groups in total. The summed E-state index contributed by atoms with van der Waals surface area (Å²) in [4.78, 5) is 18.8.